The van der Waals surface area contributed by atoms with Crippen LogP contribution in [0.2, 0.25) is 0 Å². The average molecular weight is 376 g/mol. The molecule has 5 heteroatoms. The zero-order valence-electron chi connectivity index (χ0n) is 16.1. The zero-order valence-corrected chi connectivity index (χ0v) is 16.1. The quantitative estimate of drug-likeness (QED) is 0.818. The fourth-order valence-corrected chi connectivity index (χ4v) is 4.28. The topological polar surface area (TPSA) is 66.5 Å². The molecule has 2 aromatic rings. The first kappa shape index (κ1) is 18.4. The number of fused-ring (bicyclic) bond motifs is 1. The summed E-state index contributed by atoms with van der Waals surface area (Å²) < 4.78 is 0. The third-order valence-electron chi connectivity index (χ3n) is 5.86. The molecule has 2 aromatic carbocycles. The number of hydrogen-bond donors (Lipinski definition) is 1. The molecule has 28 heavy (non-hydrogen) atoms. The van der Waals surface area contributed by atoms with E-state index in [0.29, 0.717) is 22.9 Å². The van der Waals surface area contributed by atoms with E-state index >= 15 is 0 Å². The molecule has 1 saturated heterocycles. The third kappa shape index (κ3) is 3.33. The summed E-state index contributed by atoms with van der Waals surface area (Å²) in [6.45, 7) is 4.10. The maximum Gasteiger partial charge on any atom is 0.255 e. The molecule has 1 N–H and O–H groups in total. The summed E-state index contributed by atoms with van der Waals surface area (Å²) in [5.74, 6) is -0.374. The van der Waals surface area contributed by atoms with Crippen LogP contribution in [0.5, 0.6) is 0 Å². The molecule has 0 radical (unpaired) electrons. The van der Waals surface area contributed by atoms with Crippen LogP contribution in [0.4, 0.5) is 11.4 Å². The van der Waals surface area contributed by atoms with Gasteiger partial charge in [0.05, 0.1) is 17.5 Å². The number of nitrogens with zero attached hydrogens (tertiary/aromatic N) is 1. The predicted molar refractivity (Wildman–Crippen MR) is 108 cm³/mol. The van der Waals surface area contributed by atoms with Gasteiger partial charge in [-0.2, -0.15) is 0 Å². The Hall–Kier alpha value is -2.95. The molecule has 0 unspecified atom stereocenters. The number of hydrogen-bond acceptors (Lipinski definition) is 3. The van der Waals surface area contributed by atoms with Crippen LogP contribution in [0, 0.1) is 24.7 Å². The summed E-state index contributed by atoms with van der Waals surface area (Å²) >= 11 is 0. The maximum absolute atomic E-state index is 12.9. The second-order valence-electron chi connectivity index (χ2n) is 8.01. The average Bonchev–Trinajstić information content (AvgIpc) is 2.92. The number of anilines is 2. The van der Waals surface area contributed by atoms with Crippen LogP contribution >= 0.6 is 0 Å². The summed E-state index contributed by atoms with van der Waals surface area (Å²) in [6, 6.07) is 14.3. The normalized spacial score (nSPS) is 24.2. The Labute approximate surface area is 164 Å². The van der Waals surface area contributed by atoms with Crippen molar-refractivity contribution in [2.75, 3.05) is 10.2 Å². The van der Waals surface area contributed by atoms with E-state index in [9.17, 15) is 14.4 Å². The molecule has 2 aliphatic rings. The highest BCUT2D eigenvalue weighted by Crippen LogP contribution is 2.42. The van der Waals surface area contributed by atoms with Gasteiger partial charge in [0.15, 0.2) is 0 Å². The van der Waals surface area contributed by atoms with Crippen LogP contribution in [0.3, 0.4) is 0 Å². The highest BCUT2D eigenvalue weighted by atomic mass is 16.2. The fraction of sp³-hybridized carbons (Fsp3) is 0.348. The molecular weight excluding hydrogens is 352 g/mol. The SMILES string of the molecule is Cc1ccc(C(=O)Nc2cccc(N3C(=O)[C@H]4C[C@H](C)CC[C@H]4C3=O)c2)cc1. The van der Waals surface area contributed by atoms with Gasteiger partial charge in [0.1, 0.15) is 0 Å². The van der Waals surface area contributed by atoms with E-state index in [0.717, 1.165) is 24.8 Å². The largest absolute Gasteiger partial charge is 0.322 e. The predicted octanol–water partition coefficient (Wildman–Crippen LogP) is 4.17. The molecule has 5 nitrogen and oxygen atoms in total. The van der Waals surface area contributed by atoms with Gasteiger partial charge >= 0.3 is 0 Å². The van der Waals surface area contributed by atoms with Crippen LogP contribution < -0.4 is 10.2 Å². The summed E-state index contributed by atoms with van der Waals surface area (Å²) in [7, 11) is 0. The van der Waals surface area contributed by atoms with Gasteiger partial charge in [-0.1, -0.05) is 30.7 Å². The Morgan fingerprint density at radius 1 is 1.00 bits per heavy atom. The fourth-order valence-electron chi connectivity index (χ4n) is 4.28. The van der Waals surface area contributed by atoms with Crippen LogP contribution in [-0.2, 0) is 9.59 Å². The molecular formula is C23H24N2O3. The first-order chi connectivity index (χ1) is 13.4. The standard InChI is InChI=1S/C23H24N2O3/c1-14-6-9-16(10-7-14)21(26)24-17-4-3-5-18(13-17)25-22(27)19-11-8-15(2)12-20(19)23(25)28/h3-7,9-10,13,15,19-20H,8,11-12H2,1-2H3,(H,24,26)/t15-,19-,20+/m1/s1. The monoisotopic (exact) mass is 376 g/mol. The number of nitrogens with one attached hydrogen (secondary N) is 1. The number of rotatable bonds is 3. The number of imide groups is 1. The van der Waals surface area contributed by atoms with Crippen molar-refractivity contribution in [3.63, 3.8) is 0 Å². The molecule has 0 bridgehead atoms. The molecule has 3 atom stereocenters. The van der Waals surface area contributed by atoms with E-state index in [2.05, 4.69) is 12.2 Å². The van der Waals surface area contributed by atoms with E-state index in [4.69, 9.17) is 0 Å². The van der Waals surface area contributed by atoms with E-state index in [1.165, 1.54) is 4.90 Å². The second-order valence-corrected chi connectivity index (χ2v) is 8.01. The lowest BCUT2D eigenvalue weighted by molar-refractivity contribution is -0.122. The second kappa shape index (κ2) is 7.23. The lowest BCUT2D eigenvalue weighted by Gasteiger charge is -2.25. The molecule has 144 valence electrons. The molecule has 0 spiro atoms. The molecule has 1 aliphatic carbocycles. The number of carbonyl (C=O) groups excluding carboxylic acids is 3. The molecule has 2 fully saturated rings. The Kier molecular flexibility index (Phi) is 4.75. The van der Waals surface area contributed by atoms with Gasteiger partial charge in [-0.25, -0.2) is 4.90 Å². The minimum atomic E-state index is -0.223. The molecule has 1 saturated carbocycles. The van der Waals surface area contributed by atoms with Gasteiger partial charge in [-0.3, -0.25) is 14.4 Å². The lowest BCUT2D eigenvalue weighted by atomic mass is 9.76. The highest BCUT2D eigenvalue weighted by molar-refractivity contribution is 6.22. The lowest BCUT2D eigenvalue weighted by Crippen LogP contribution is -2.31. The molecule has 3 amide bonds. The Balaban J connectivity index is 1.55. The highest BCUT2D eigenvalue weighted by Gasteiger charge is 2.49. The van der Waals surface area contributed by atoms with Crippen molar-refractivity contribution >= 4 is 29.1 Å². The summed E-state index contributed by atoms with van der Waals surface area (Å²) in [4.78, 5) is 39.5. The van der Waals surface area contributed by atoms with Crippen molar-refractivity contribution < 1.29 is 14.4 Å². The summed E-state index contributed by atoms with van der Waals surface area (Å²) in [5.41, 5.74) is 2.73. The Morgan fingerprint density at radius 3 is 2.46 bits per heavy atom. The van der Waals surface area contributed by atoms with Gasteiger partial charge in [-0.05, 0) is 62.4 Å². The molecule has 4 rings (SSSR count). The zero-order chi connectivity index (χ0) is 19.8. The van der Waals surface area contributed by atoms with Crippen molar-refractivity contribution in [3.05, 3.63) is 59.7 Å². The minimum absolute atomic E-state index is 0.107. The van der Waals surface area contributed by atoms with E-state index in [1.54, 1.807) is 36.4 Å². The van der Waals surface area contributed by atoms with Crippen LogP contribution in [0.25, 0.3) is 0 Å². The Morgan fingerprint density at radius 2 is 1.71 bits per heavy atom. The van der Waals surface area contributed by atoms with Gasteiger partial charge in [-0.15, -0.1) is 0 Å². The maximum atomic E-state index is 12.9. The van der Waals surface area contributed by atoms with Crippen molar-refractivity contribution in [1.82, 2.24) is 0 Å². The molecule has 1 heterocycles. The smallest absolute Gasteiger partial charge is 0.255 e. The minimum Gasteiger partial charge on any atom is -0.322 e. The summed E-state index contributed by atoms with van der Waals surface area (Å²) in [6.07, 6.45) is 2.53. The number of carbonyl (C=O) groups is 3. The number of aryl methyl sites for hydroxylation is 1. The first-order valence-electron chi connectivity index (χ1n) is 9.80. The van der Waals surface area contributed by atoms with Gasteiger partial charge in [0.25, 0.3) is 5.91 Å². The molecule has 0 aromatic heterocycles. The van der Waals surface area contributed by atoms with E-state index in [-0.39, 0.29) is 29.6 Å². The van der Waals surface area contributed by atoms with Gasteiger partial charge < -0.3 is 5.32 Å². The van der Waals surface area contributed by atoms with Crippen molar-refractivity contribution in [2.45, 2.75) is 33.1 Å². The van der Waals surface area contributed by atoms with E-state index < -0.39 is 0 Å². The number of amides is 3. The van der Waals surface area contributed by atoms with Crippen molar-refractivity contribution in [1.29, 1.82) is 0 Å². The van der Waals surface area contributed by atoms with Gasteiger partial charge in [0.2, 0.25) is 11.8 Å². The Bertz CT molecular complexity index is 935. The third-order valence-corrected chi connectivity index (χ3v) is 5.86. The summed E-state index contributed by atoms with van der Waals surface area (Å²) in [5, 5.41) is 2.85. The van der Waals surface area contributed by atoms with Crippen LogP contribution in [-0.4, -0.2) is 17.7 Å². The van der Waals surface area contributed by atoms with Crippen molar-refractivity contribution in [3.8, 4) is 0 Å². The van der Waals surface area contributed by atoms with E-state index in [1.807, 2.05) is 19.1 Å². The van der Waals surface area contributed by atoms with Crippen LogP contribution in [0.15, 0.2) is 48.5 Å². The molecule has 1 aliphatic heterocycles. The van der Waals surface area contributed by atoms with Crippen molar-refractivity contribution in [2.24, 2.45) is 17.8 Å². The first-order valence-corrected chi connectivity index (χ1v) is 9.80. The number of benzene rings is 2. The van der Waals surface area contributed by atoms with Gasteiger partial charge in [0, 0.05) is 11.3 Å². The van der Waals surface area contributed by atoms with Crippen LogP contribution in [0.1, 0.15) is 42.1 Å².